The van der Waals surface area contributed by atoms with Gasteiger partial charge in [0.25, 0.3) is 0 Å². The van der Waals surface area contributed by atoms with E-state index in [-0.39, 0.29) is 6.04 Å². The second kappa shape index (κ2) is 5.93. The zero-order chi connectivity index (χ0) is 14.0. The van der Waals surface area contributed by atoms with Crippen molar-refractivity contribution in [2.24, 2.45) is 17.6 Å². The van der Waals surface area contributed by atoms with E-state index in [0.717, 1.165) is 24.1 Å². The number of methoxy groups -OCH3 is 1. The molecule has 3 atom stereocenters. The van der Waals surface area contributed by atoms with Crippen LogP contribution in [0.5, 0.6) is 5.75 Å². The van der Waals surface area contributed by atoms with Crippen LogP contribution in [0.4, 0.5) is 0 Å². The molecular formula is C16H26N2O. The molecule has 2 rings (SSSR count). The molecule has 0 heterocycles. The van der Waals surface area contributed by atoms with Crippen molar-refractivity contribution in [3.63, 3.8) is 0 Å². The van der Waals surface area contributed by atoms with E-state index in [1.165, 1.54) is 24.1 Å². The molecule has 0 radical (unpaired) electrons. The molecule has 1 aromatic carbocycles. The lowest BCUT2D eigenvalue weighted by Gasteiger charge is -2.19. The van der Waals surface area contributed by atoms with Gasteiger partial charge in [-0.1, -0.05) is 13.0 Å². The van der Waals surface area contributed by atoms with E-state index in [2.05, 4.69) is 31.0 Å². The van der Waals surface area contributed by atoms with Crippen molar-refractivity contribution in [1.29, 1.82) is 0 Å². The minimum absolute atomic E-state index is 0.0680. The molecule has 3 nitrogen and oxygen atoms in total. The topological polar surface area (TPSA) is 38.5 Å². The predicted molar refractivity (Wildman–Crippen MR) is 79.2 cm³/mol. The highest BCUT2D eigenvalue weighted by molar-refractivity contribution is 5.38. The Morgan fingerprint density at radius 3 is 2.68 bits per heavy atom. The third-order valence-electron chi connectivity index (χ3n) is 4.09. The molecule has 0 amide bonds. The maximum absolute atomic E-state index is 5.96. The summed E-state index contributed by atoms with van der Waals surface area (Å²) in [6.07, 6.45) is 1.38. The van der Waals surface area contributed by atoms with Gasteiger partial charge < -0.3 is 15.4 Å². The average molecular weight is 262 g/mol. The van der Waals surface area contributed by atoms with Gasteiger partial charge in [-0.3, -0.25) is 0 Å². The zero-order valence-corrected chi connectivity index (χ0v) is 12.5. The van der Waals surface area contributed by atoms with Crippen molar-refractivity contribution >= 4 is 0 Å². The van der Waals surface area contributed by atoms with Crippen LogP contribution < -0.4 is 10.5 Å². The Hall–Kier alpha value is -1.06. The largest absolute Gasteiger partial charge is 0.496 e. The van der Waals surface area contributed by atoms with Crippen molar-refractivity contribution in [1.82, 2.24) is 4.90 Å². The highest BCUT2D eigenvalue weighted by Crippen LogP contribution is 2.38. The summed E-state index contributed by atoms with van der Waals surface area (Å²) in [4.78, 5) is 2.39. The smallest absolute Gasteiger partial charge is 0.123 e. The Morgan fingerprint density at radius 1 is 1.47 bits per heavy atom. The Bertz CT molecular complexity index is 431. The van der Waals surface area contributed by atoms with Gasteiger partial charge in [-0.05, 0) is 49.9 Å². The molecule has 3 heteroatoms. The molecule has 0 saturated heterocycles. The average Bonchev–Trinajstić information content (AvgIpc) is 3.04. The number of nitrogens with zero attached hydrogens (tertiary/aromatic N) is 1. The van der Waals surface area contributed by atoms with Crippen LogP contribution in [-0.2, 0) is 6.54 Å². The molecule has 0 bridgehead atoms. The number of ether oxygens (including phenoxy) is 1. The lowest BCUT2D eigenvalue weighted by molar-refractivity contribution is 0.300. The van der Waals surface area contributed by atoms with Crippen LogP contribution >= 0.6 is 0 Å². The van der Waals surface area contributed by atoms with Crippen molar-refractivity contribution in [3.8, 4) is 5.75 Å². The molecule has 0 aliphatic heterocycles. The Labute approximate surface area is 116 Å². The van der Waals surface area contributed by atoms with Gasteiger partial charge in [-0.15, -0.1) is 0 Å². The summed E-state index contributed by atoms with van der Waals surface area (Å²) in [7, 11) is 3.91. The van der Waals surface area contributed by atoms with Gasteiger partial charge in [-0.25, -0.2) is 0 Å². The summed E-state index contributed by atoms with van der Waals surface area (Å²) >= 11 is 0. The van der Waals surface area contributed by atoms with E-state index in [1.807, 2.05) is 13.0 Å². The Morgan fingerprint density at radius 2 is 2.16 bits per heavy atom. The molecule has 1 aromatic rings. The van der Waals surface area contributed by atoms with E-state index in [1.54, 1.807) is 7.11 Å². The quantitative estimate of drug-likeness (QED) is 0.856. The summed E-state index contributed by atoms with van der Waals surface area (Å²) < 4.78 is 5.46. The fraction of sp³-hybridized carbons (Fsp3) is 0.625. The maximum atomic E-state index is 5.96. The third-order valence-corrected chi connectivity index (χ3v) is 4.09. The van der Waals surface area contributed by atoms with Crippen LogP contribution in [0.15, 0.2) is 18.2 Å². The van der Waals surface area contributed by atoms with Crippen LogP contribution in [0.2, 0.25) is 0 Å². The van der Waals surface area contributed by atoms with E-state index in [4.69, 9.17) is 10.5 Å². The third kappa shape index (κ3) is 3.71. The molecule has 1 aliphatic carbocycles. The number of hydrogen-bond donors (Lipinski definition) is 1. The molecule has 1 fully saturated rings. The minimum atomic E-state index is 0.0680. The van der Waals surface area contributed by atoms with Crippen LogP contribution in [0.1, 0.15) is 37.4 Å². The van der Waals surface area contributed by atoms with E-state index < -0.39 is 0 Å². The SMILES string of the molecule is COc1ccc(C(C)N)cc1CN(C)CC1CC1C. The minimum Gasteiger partial charge on any atom is -0.496 e. The Kier molecular flexibility index (Phi) is 4.48. The van der Waals surface area contributed by atoms with Crippen molar-refractivity contribution in [2.45, 2.75) is 32.9 Å². The normalized spacial score (nSPS) is 23.5. The van der Waals surface area contributed by atoms with Gasteiger partial charge in [0.1, 0.15) is 5.75 Å². The van der Waals surface area contributed by atoms with Crippen molar-refractivity contribution in [2.75, 3.05) is 20.7 Å². The standard InChI is InChI=1S/C16H26N2O/c1-11-7-14(11)9-18(3)10-15-8-13(12(2)17)5-6-16(15)19-4/h5-6,8,11-12,14H,7,9-10,17H2,1-4H3. The number of rotatable bonds is 6. The molecule has 1 saturated carbocycles. The van der Waals surface area contributed by atoms with Crippen molar-refractivity contribution < 1.29 is 4.74 Å². The van der Waals surface area contributed by atoms with Crippen LogP contribution in [-0.4, -0.2) is 25.6 Å². The second-order valence-electron chi connectivity index (χ2n) is 6.03. The molecule has 0 aromatic heterocycles. The van der Waals surface area contributed by atoms with Gasteiger partial charge in [-0.2, -0.15) is 0 Å². The Balaban J connectivity index is 2.05. The van der Waals surface area contributed by atoms with E-state index >= 15 is 0 Å². The summed E-state index contributed by atoms with van der Waals surface area (Å²) in [5.74, 6) is 2.74. The van der Waals surface area contributed by atoms with Gasteiger partial charge in [0.2, 0.25) is 0 Å². The lowest BCUT2D eigenvalue weighted by Crippen LogP contribution is -2.21. The summed E-state index contributed by atoms with van der Waals surface area (Å²) in [5.41, 5.74) is 8.36. The van der Waals surface area contributed by atoms with Gasteiger partial charge in [0, 0.05) is 24.7 Å². The number of hydrogen-bond acceptors (Lipinski definition) is 3. The van der Waals surface area contributed by atoms with E-state index in [9.17, 15) is 0 Å². The van der Waals surface area contributed by atoms with Crippen LogP contribution in [0, 0.1) is 11.8 Å². The monoisotopic (exact) mass is 262 g/mol. The summed E-state index contributed by atoms with van der Waals surface area (Å²) in [6, 6.07) is 6.33. The summed E-state index contributed by atoms with van der Waals surface area (Å²) in [6.45, 7) is 6.44. The molecule has 19 heavy (non-hydrogen) atoms. The van der Waals surface area contributed by atoms with Gasteiger partial charge in [0.15, 0.2) is 0 Å². The molecular weight excluding hydrogens is 236 g/mol. The molecule has 1 aliphatic rings. The van der Waals surface area contributed by atoms with E-state index in [0.29, 0.717) is 0 Å². The first kappa shape index (κ1) is 14.4. The first-order valence-electron chi connectivity index (χ1n) is 7.12. The first-order valence-corrected chi connectivity index (χ1v) is 7.12. The zero-order valence-electron chi connectivity index (χ0n) is 12.5. The molecule has 3 unspecified atom stereocenters. The molecule has 106 valence electrons. The fourth-order valence-electron chi connectivity index (χ4n) is 2.61. The first-order chi connectivity index (χ1) is 9.01. The second-order valence-corrected chi connectivity index (χ2v) is 6.03. The maximum Gasteiger partial charge on any atom is 0.123 e. The number of benzene rings is 1. The lowest BCUT2D eigenvalue weighted by atomic mass is 10.0. The number of nitrogens with two attached hydrogens (primary N) is 1. The van der Waals surface area contributed by atoms with Gasteiger partial charge in [0.05, 0.1) is 7.11 Å². The summed E-state index contributed by atoms with van der Waals surface area (Å²) in [5, 5.41) is 0. The van der Waals surface area contributed by atoms with Crippen LogP contribution in [0.25, 0.3) is 0 Å². The fourth-order valence-corrected chi connectivity index (χ4v) is 2.61. The highest BCUT2D eigenvalue weighted by atomic mass is 16.5. The van der Waals surface area contributed by atoms with Crippen molar-refractivity contribution in [3.05, 3.63) is 29.3 Å². The predicted octanol–water partition coefficient (Wildman–Crippen LogP) is 2.80. The van der Waals surface area contributed by atoms with Crippen LogP contribution in [0.3, 0.4) is 0 Å². The molecule has 0 spiro atoms. The molecule has 2 N–H and O–H groups in total. The highest BCUT2D eigenvalue weighted by Gasteiger charge is 2.33. The van der Waals surface area contributed by atoms with Gasteiger partial charge >= 0.3 is 0 Å².